The molecule has 3 nitrogen and oxygen atoms in total. The van der Waals surface area contributed by atoms with Crippen LogP contribution in [0.5, 0.6) is 0 Å². The van der Waals surface area contributed by atoms with Crippen molar-refractivity contribution in [3.05, 3.63) is 0 Å². The van der Waals surface area contributed by atoms with Gasteiger partial charge in [-0.15, -0.1) is 0 Å². The van der Waals surface area contributed by atoms with Crippen LogP contribution in [0.25, 0.3) is 0 Å². The molecule has 0 spiro atoms. The highest BCUT2D eigenvalue weighted by atomic mass is 16.2. The number of piperidine rings is 1. The molecule has 0 radical (unpaired) electrons. The molecule has 2 unspecified atom stereocenters. The maximum absolute atomic E-state index is 12.7. The van der Waals surface area contributed by atoms with Crippen LogP contribution in [0.2, 0.25) is 0 Å². The Morgan fingerprint density at radius 2 is 1.95 bits per heavy atom. The average Bonchev–Trinajstić information content (AvgIpc) is 2.73. The Balaban J connectivity index is 2.01. The molecule has 116 valence electrons. The van der Waals surface area contributed by atoms with E-state index < -0.39 is 0 Å². The van der Waals surface area contributed by atoms with Gasteiger partial charge in [0, 0.05) is 19.0 Å². The molecule has 2 aliphatic rings. The van der Waals surface area contributed by atoms with Gasteiger partial charge in [0.1, 0.15) is 0 Å². The first-order valence-corrected chi connectivity index (χ1v) is 8.72. The molecular weight excluding hydrogens is 248 g/mol. The molecule has 2 rings (SSSR count). The zero-order valence-electron chi connectivity index (χ0n) is 13.4. The number of hydrogen-bond donors (Lipinski definition) is 1. The van der Waals surface area contributed by atoms with Crippen LogP contribution in [0.4, 0.5) is 0 Å². The minimum atomic E-state index is 0.421. The van der Waals surface area contributed by atoms with E-state index in [0.29, 0.717) is 17.9 Å². The lowest BCUT2D eigenvalue weighted by Gasteiger charge is -2.38. The SMILES string of the molecule is CCC(C)CC(=O)N1CCCCCC1C1CCNCC1. The van der Waals surface area contributed by atoms with Crippen molar-refractivity contribution in [1.29, 1.82) is 0 Å². The van der Waals surface area contributed by atoms with E-state index in [0.717, 1.165) is 38.4 Å². The number of rotatable bonds is 4. The Hall–Kier alpha value is -0.570. The summed E-state index contributed by atoms with van der Waals surface area (Å²) in [5, 5.41) is 3.45. The van der Waals surface area contributed by atoms with E-state index in [1.54, 1.807) is 0 Å². The molecular formula is C17H32N2O. The highest BCUT2D eigenvalue weighted by molar-refractivity contribution is 5.76. The van der Waals surface area contributed by atoms with Crippen molar-refractivity contribution < 1.29 is 4.79 Å². The van der Waals surface area contributed by atoms with Crippen molar-refractivity contribution in [2.45, 2.75) is 71.3 Å². The minimum Gasteiger partial charge on any atom is -0.339 e. The first kappa shape index (κ1) is 15.8. The third kappa shape index (κ3) is 4.21. The summed E-state index contributed by atoms with van der Waals surface area (Å²) in [6, 6.07) is 0.524. The van der Waals surface area contributed by atoms with Gasteiger partial charge in [-0.1, -0.05) is 33.1 Å². The van der Waals surface area contributed by atoms with Crippen LogP contribution in [-0.2, 0) is 4.79 Å². The predicted molar refractivity (Wildman–Crippen MR) is 83.6 cm³/mol. The highest BCUT2D eigenvalue weighted by Crippen LogP contribution is 2.29. The Morgan fingerprint density at radius 3 is 2.65 bits per heavy atom. The molecule has 0 bridgehead atoms. The van der Waals surface area contributed by atoms with Crippen LogP contribution in [0.15, 0.2) is 0 Å². The normalized spacial score (nSPS) is 27.1. The summed E-state index contributed by atoms with van der Waals surface area (Å²) >= 11 is 0. The van der Waals surface area contributed by atoms with E-state index >= 15 is 0 Å². The lowest BCUT2D eigenvalue weighted by Crippen LogP contribution is -2.47. The predicted octanol–water partition coefficient (Wildman–Crippen LogP) is 3.19. The summed E-state index contributed by atoms with van der Waals surface area (Å²) in [5.74, 6) is 1.68. The molecule has 20 heavy (non-hydrogen) atoms. The zero-order chi connectivity index (χ0) is 14.4. The van der Waals surface area contributed by atoms with E-state index in [1.165, 1.54) is 38.5 Å². The number of nitrogens with zero attached hydrogens (tertiary/aromatic N) is 1. The Kier molecular flexibility index (Phi) is 6.34. The number of amides is 1. The number of carbonyl (C=O) groups is 1. The zero-order valence-corrected chi connectivity index (χ0v) is 13.4. The third-order valence-corrected chi connectivity index (χ3v) is 5.27. The Morgan fingerprint density at radius 1 is 1.20 bits per heavy atom. The molecule has 1 N–H and O–H groups in total. The lowest BCUT2D eigenvalue weighted by atomic mass is 9.86. The van der Waals surface area contributed by atoms with Gasteiger partial charge in [0.2, 0.25) is 5.91 Å². The van der Waals surface area contributed by atoms with E-state index in [4.69, 9.17) is 0 Å². The molecule has 0 aliphatic carbocycles. The van der Waals surface area contributed by atoms with Crippen LogP contribution in [0, 0.1) is 11.8 Å². The van der Waals surface area contributed by atoms with Gasteiger partial charge in [0.05, 0.1) is 0 Å². The summed E-state index contributed by atoms with van der Waals surface area (Å²) in [6.07, 6.45) is 9.39. The van der Waals surface area contributed by atoms with Crippen molar-refractivity contribution in [3.8, 4) is 0 Å². The summed E-state index contributed by atoms with van der Waals surface area (Å²) < 4.78 is 0. The van der Waals surface area contributed by atoms with Crippen molar-refractivity contribution >= 4 is 5.91 Å². The van der Waals surface area contributed by atoms with E-state index in [9.17, 15) is 4.79 Å². The first-order valence-electron chi connectivity index (χ1n) is 8.72. The van der Waals surface area contributed by atoms with Gasteiger partial charge in [-0.2, -0.15) is 0 Å². The molecule has 2 fully saturated rings. The van der Waals surface area contributed by atoms with Gasteiger partial charge in [0.15, 0.2) is 0 Å². The Bertz CT molecular complexity index is 299. The molecule has 2 atom stereocenters. The standard InChI is InChI=1S/C17H32N2O/c1-3-14(2)13-17(20)19-12-6-4-5-7-16(19)15-8-10-18-11-9-15/h14-16,18H,3-13H2,1-2H3. The monoisotopic (exact) mass is 280 g/mol. The maximum Gasteiger partial charge on any atom is 0.223 e. The lowest BCUT2D eigenvalue weighted by molar-refractivity contribution is -0.135. The molecule has 0 aromatic carbocycles. The van der Waals surface area contributed by atoms with Crippen molar-refractivity contribution in [1.82, 2.24) is 10.2 Å². The van der Waals surface area contributed by atoms with Crippen molar-refractivity contribution in [3.63, 3.8) is 0 Å². The largest absolute Gasteiger partial charge is 0.339 e. The van der Waals surface area contributed by atoms with Crippen molar-refractivity contribution in [2.75, 3.05) is 19.6 Å². The number of carbonyl (C=O) groups excluding carboxylic acids is 1. The molecule has 0 aromatic rings. The van der Waals surface area contributed by atoms with Gasteiger partial charge in [-0.25, -0.2) is 0 Å². The van der Waals surface area contributed by atoms with Gasteiger partial charge in [0.25, 0.3) is 0 Å². The first-order chi connectivity index (χ1) is 9.72. The Labute approximate surface area is 124 Å². The van der Waals surface area contributed by atoms with Gasteiger partial charge in [-0.3, -0.25) is 4.79 Å². The second-order valence-electron chi connectivity index (χ2n) is 6.81. The summed E-state index contributed by atoms with van der Waals surface area (Å²) in [6.45, 7) is 7.66. The molecule has 3 heteroatoms. The highest BCUT2D eigenvalue weighted by Gasteiger charge is 2.32. The van der Waals surface area contributed by atoms with Gasteiger partial charge in [-0.05, 0) is 50.6 Å². The number of nitrogens with one attached hydrogen (secondary N) is 1. The van der Waals surface area contributed by atoms with Crippen LogP contribution < -0.4 is 5.32 Å². The molecule has 2 heterocycles. The molecule has 2 aliphatic heterocycles. The van der Waals surface area contributed by atoms with E-state index in [1.807, 2.05) is 0 Å². The second-order valence-corrected chi connectivity index (χ2v) is 6.81. The summed E-state index contributed by atoms with van der Waals surface area (Å²) in [7, 11) is 0. The smallest absolute Gasteiger partial charge is 0.223 e. The second kappa shape index (κ2) is 8.02. The average molecular weight is 280 g/mol. The topological polar surface area (TPSA) is 32.3 Å². The summed E-state index contributed by atoms with van der Waals surface area (Å²) in [4.78, 5) is 15.0. The van der Waals surface area contributed by atoms with Crippen LogP contribution in [-0.4, -0.2) is 36.5 Å². The minimum absolute atomic E-state index is 0.421. The molecule has 0 aromatic heterocycles. The number of likely N-dealkylation sites (tertiary alicyclic amines) is 1. The van der Waals surface area contributed by atoms with Crippen LogP contribution in [0.1, 0.15) is 65.2 Å². The van der Waals surface area contributed by atoms with Gasteiger partial charge < -0.3 is 10.2 Å². The van der Waals surface area contributed by atoms with Crippen molar-refractivity contribution in [2.24, 2.45) is 11.8 Å². The fourth-order valence-corrected chi connectivity index (χ4v) is 3.72. The number of hydrogen-bond acceptors (Lipinski definition) is 2. The van der Waals surface area contributed by atoms with E-state index in [-0.39, 0.29) is 0 Å². The third-order valence-electron chi connectivity index (χ3n) is 5.27. The fraction of sp³-hybridized carbons (Fsp3) is 0.941. The summed E-state index contributed by atoms with van der Waals surface area (Å²) in [5.41, 5.74) is 0. The fourth-order valence-electron chi connectivity index (χ4n) is 3.72. The quantitative estimate of drug-likeness (QED) is 0.857. The molecule has 2 saturated heterocycles. The molecule has 1 amide bonds. The van der Waals surface area contributed by atoms with Crippen LogP contribution >= 0.6 is 0 Å². The van der Waals surface area contributed by atoms with Gasteiger partial charge >= 0.3 is 0 Å². The van der Waals surface area contributed by atoms with Crippen LogP contribution in [0.3, 0.4) is 0 Å². The maximum atomic E-state index is 12.7. The molecule has 0 saturated carbocycles. The van der Waals surface area contributed by atoms with E-state index in [2.05, 4.69) is 24.1 Å².